The van der Waals surface area contributed by atoms with Gasteiger partial charge in [-0.25, -0.2) is 0 Å². The summed E-state index contributed by atoms with van der Waals surface area (Å²) >= 11 is 0. The third kappa shape index (κ3) is 4.20. The molecular weight excluding hydrogens is 216 g/mol. The van der Waals surface area contributed by atoms with E-state index in [-0.39, 0.29) is 0 Å². The summed E-state index contributed by atoms with van der Waals surface area (Å²) in [5.74, 6) is 11.9. The molecule has 0 saturated heterocycles. The van der Waals surface area contributed by atoms with E-state index in [2.05, 4.69) is 47.9 Å². The maximum atomic E-state index is 3.06. The van der Waals surface area contributed by atoms with Crippen LogP contribution in [0.3, 0.4) is 0 Å². The van der Waals surface area contributed by atoms with Gasteiger partial charge < -0.3 is 0 Å². The lowest BCUT2D eigenvalue weighted by Crippen LogP contribution is -1.79. The second-order valence-corrected chi connectivity index (χ2v) is 3.93. The van der Waals surface area contributed by atoms with Gasteiger partial charge in [0.25, 0.3) is 0 Å². The molecule has 0 aromatic heterocycles. The van der Waals surface area contributed by atoms with E-state index in [0.717, 1.165) is 12.8 Å². The van der Waals surface area contributed by atoms with Gasteiger partial charge in [-0.2, -0.15) is 0 Å². The van der Waals surface area contributed by atoms with E-state index in [1.165, 1.54) is 11.1 Å². The molecule has 0 saturated carbocycles. The first-order valence-electron chi connectivity index (χ1n) is 5.99. The van der Waals surface area contributed by atoms with Gasteiger partial charge in [-0.3, -0.25) is 0 Å². The fraction of sp³-hybridized carbons (Fsp3) is 0.111. The lowest BCUT2D eigenvalue weighted by atomic mass is 10.1. The van der Waals surface area contributed by atoms with Gasteiger partial charge in [-0.05, 0) is 23.0 Å². The Balaban J connectivity index is 1.83. The molecule has 0 N–H and O–H groups in total. The fourth-order valence-corrected chi connectivity index (χ4v) is 1.57. The van der Waals surface area contributed by atoms with Gasteiger partial charge in [0, 0.05) is 12.8 Å². The summed E-state index contributed by atoms with van der Waals surface area (Å²) in [5, 5.41) is 0. The van der Waals surface area contributed by atoms with Crippen LogP contribution in [0.25, 0.3) is 0 Å². The van der Waals surface area contributed by atoms with Crippen molar-refractivity contribution in [1.82, 2.24) is 0 Å². The van der Waals surface area contributed by atoms with Crippen molar-refractivity contribution in [3.63, 3.8) is 0 Å². The van der Waals surface area contributed by atoms with Crippen molar-refractivity contribution in [3.05, 3.63) is 71.8 Å². The Morgan fingerprint density at radius 2 is 0.944 bits per heavy atom. The summed E-state index contributed by atoms with van der Waals surface area (Å²) in [6.07, 6.45) is 1.53. The molecule has 0 spiro atoms. The standard InChI is InChI=1S/C18H14/c1(5-11-17-13-7-3-8-14-17)2-6-12-18-15-9-4-10-16-18/h3-4,7-10,13-16H,11-12H2. The minimum atomic E-state index is 0.765. The van der Waals surface area contributed by atoms with E-state index in [0.29, 0.717) is 0 Å². The van der Waals surface area contributed by atoms with E-state index in [9.17, 15) is 0 Å². The monoisotopic (exact) mass is 230 g/mol. The van der Waals surface area contributed by atoms with Crippen LogP contribution >= 0.6 is 0 Å². The van der Waals surface area contributed by atoms with Crippen LogP contribution in [0.15, 0.2) is 60.7 Å². The first-order chi connectivity index (χ1) is 8.95. The normalized spacial score (nSPS) is 8.67. The van der Waals surface area contributed by atoms with Gasteiger partial charge in [-0.15, -0.1) is 0 Å². The molecule has 0 heteroatoms. The van der Waals surface area contributed by atoms with Gasteiger partial charge in [0.1, 0.15) is 0 Å². The molecular formula is C18H14. The molecule has 2 aromatic rings. The second-order valence-electron chi connectivity index (χ2n) is 3.93. The van der Waals surface area contributed by atoms with Crippen molar-refractivity contribution < 1.29 is 0 Å². The third-order valence-electron chi connectivity index (χ3n) is 2.51. The Hall–Kier alpha value is -2.44. The van der Waals surface area contributed by atoms with Crippen molar-refractivity contribution in [1.29, 1.82) is 0 Å². The van der Waals surface area contributed by atoms with Gasteiger partial charge >= 0.3 is 0 Å². The molecule has 0 bridgehead atoms. The van der Waals surface area contributed by atoms with E-state index in [1.807, 2.05) is 36.4 Å². The van der Waals surface area contributed by atoms with Crippen LogP contribution < -0.4 is 0 Å². The molecule has 0 amide bonds. The zero-order valence-electron chi connectivity index (χ0n) is 10.2. The quantitative estimate of drug-likeness (QED) is 0.693. The van der Waals surface area contributed by atoms with Crippen molar-refractivity contribution in [2.24, 2.45) is 0 Å². The second kappa shape index (κ2) is 7.00. The zero-order chi connectivity index (χ0) is 12.5. The predicted octanol–water partition coefficient (Wildman–Crippen LogP) is 3.48. The summed E-state index contributed by atoms with van der Waals surface area (Å²) in [6, 6.07) is 20.4. The minimum Gasteiger partial charge on any atom is -0.0843 e. The van der Waals surface area contributed by atoms with Crippen LogP contribution in [0.1, 0.15) is 11.1 Å². The van der Waals surface area contributed by atoms with Gasteiger partial charge in [0.05, 0.1) is 0 Å². The smallest absolute Gasteiger partial charge is 0.0350 e. The van der Waals surface area contributed by atoms with Gasteiger partial charge in [0.2, 0.25) is 0 Å². The van der Waals surface area contributed by atoms with E-state index in [1.54, 1.807) is 0 Å². The van der Waals surface area contributed by atoms with Crippen molar-refractivity contribution in [2.45, 2.75) is 12.8 Å². The van der Waals surface area contributed by atoms with Crippen LogP contribution in [0, 0.1) is 23.7 Å². The highest BCUT2D eigenvalue weighted by atomic mass is 13.9. The van der Waals surface area contributed by atoms with Gasteiger partial charge in [0.15, 0.2) is 0 Å². The SMILES string of the molecule is C(C#CCc1ccccc1)#CCc1ccccc1. The lowest BCUT2D eigenvalue weighted by molar-refractivity contribution is 1.32. The van der Waals surface area contributed by atoms with Gasteiger partial charge in [-0.1, -0.05) is 72.5 Å². The Morgan fingerprint density at radius 1 is 0.556 bits per heavy atom. The molecule has 0 unspecified atom stereocenters. The number of benzene rings is 2. The highest BCUT2D eigenvalue weighted by Gasteiger charge is 1.85. The Labute approximate surface area is 109 Å². The minimum absolute atomic E-state index is 0.765. The molecule has 0 heterocycles. The molecule has 0 atom stereocenters. The van der Waals surface area contributed by atoms with Crippen LogP contribution in [-0.4, -0.2) is 0 Å². The summed E-state index contributed by atoms with van der Waals surface area (Å²) in [6.45, 7) is 0. The maximum absolute atomic E-state index is 3.06. The molecule has 2 rings (SSSR count). The molecule has 0 radical (unpaired) electrons. The first kappa shape index (κ1) is 12.0. The highest BCUT2D eigenvalue weighted by Crippen LogP contribution is 1.98. The Kier molecular flexibility index (Phi) is 4.68. The van der Waals surface area contributed by atoms with Crippen LogP contribution in [0.4, 0.5) is 0 Å². The maximum Gasteiger partial charge on any atom is 0.0350 e. The molecule has 0 aliphatic heterocycles. The zero-order valence-corrected chi connectivity index (χ0v) is 10.2. The predicted molar refractivity (Wildman–Crippen MR) is 75.8 cm³/mol. The number of hydrogen-bond donors (Lipinski definition) is 0. The van der Waals surface area contributed by atoms with Crippen molar-refractivity contribution in [3.8, 4) is 23.7 Å². The van der Waals surface area contributed by atoms with Crippen molar-refractivity contribution in [2.75, 3.05) is 0 Å². The van der Waals surface area contributed by atoms with E-state index >= 15 is 0 Å². The summed E-state index contributed by atoms with van der Waals surface area (Å²) < 4.78 is 0. The number of hydrogen-bond acceptors (Lipinski definition) is 0. The molecule has 18 heavy (non-hydrogen) atoms. The van der Waals surface area contributed by atoms with Crippen LogP contribution in [0.5, 0.6) is 0 Å². The summed E-state index contributed by atoms with van der Waals surface area (Å²) in [5.41, 5.74) is 2.46. The highest BCUT2D eigenvalue weighted by molar-refractivity contribution is 5.31. The van der Waals surface area contributed by atoms with Crippen LogP contribution in [0.2, 0.25) is 0 Å². The largest absolute Gasteiger partial charge is 0.0843 e. The lowest BCUT2D eigenvalue weighted by Gasteiger charge is -1.90. The molecule has 0 aliphatic rings. The van der Waals surface area contributed by atoms with E-state index in [4.69, 9.17) is 0 Å². The Bertz CT molecular complexity index is 529. The Morgan fingerprint density at radius 3 is 1.33 bits per heavy atom. The van der Waals surface area contributed by atoms with Crippen molar-refractivity contribution >= 4 is 0 Å². The summed E-state index contributed by atoms with van der Waals surface area (Å²) in [7, 11) is 0. The topological polar surface area (TPSA) is 0 Å². The molecule has 0 aliphatic carbocycles. The molecule has 2 aromatic carbocycles. The molecule has 86 valence electrons. The van der Waals surface area contributed by atoms with Crippen LogP contribution in [-0.2, 0) is 12.8 Å². The average Bonchev–Trinajstić information content (AvgIpc) is 2.45. The van der Waals surface area contributed by atoms with E-state index < -0.39 is 0 Å². The molecule has 0 nitrogen and oxygen atoms in total. The first-order valence-corrected chi connectivity index (χ1v) is 5.99. The summed E-state index contributed by atoms with van der Waals surface area (Å²) in [4.78, 5) is 0. The third-order valence-corrected chi connectivity index (χ3v) is 2.51. The molecule has 0 fully saturated rings. The fourth-order valence-electron chi connectivity index (χ4n) is 1.57. The number of rotatable bonds is 2. The average molecular weight is 230 g/mol.